The van der Waals surface area contributed by atoms with Gasteiger partial charge in [-0.15, -0.1) is 0 Å². The van der Waals surface area contributed by atoms with Crippen molar-refractivity contribution >= 4 is 5.91 Å². The van der Waals surface area contributed by atoms with Crippen molar-refractivity contribution in [1.29, 1.82) is 0 Å². The third-order valence-corrected chi connectivity index (χ3v) is 15.7. The lowest BCUT2D eigenvalue weighted by Gasteiger charge is -2.46. The van der Waals surface area contributed by atoms with Crippen LogP contribution in [0.4, 0.5) is 0 Å². The number of amides is 1. The van der Waals surface area contributed by atoms with Crippen molar-refractivity contribution in [2.45, 2.75) is 299 Å². The predicted molar refractivity (Wildman–Crippen MR) is 364 cm³/mol. The predicted octanol–water partition coefficient (Wildman–Crippen LogP) is 14.1. The zero-order chi connectivity index (χ0) is 64.5. The highest BCUT2D eigenvalue weighted by atomic mass is 16.7. The van der Waals surface area contributed by atoms with Crippen LogP contribution in [0.25, 0.3) is 0 Å². The summed E-state index contributed by atoms with van der Waals surface area (Å²) in [5.41, 5.74) is 0. The molecule has 0 aliphatic carbocycles. The second kappa shape index (κ2) is 57.7. The lowest BCUT2D eigenvalue weighted by atomic mass is 9.97. The van der Waals surface area contributed by atoms with E-state index in [1.165, 1.54) is 89.9 Å². The fourth-order valence-corrected chi connectivity index (χ4v) is 10.3. The number of carbonyl (C=O) groups excluding carboxylic acids is 1. The smallest absolute Gasteiger partial charge is 0.220 e. The van der Waals surface area contributed by atoms with E-state index in [4.69, 9.17) is 18.9 Å². The van der Waals surface area contributed by atoms with Crippen LogP contribution in [0.5, 0.6) is 0 Å². The molecule has 0 bridgehead atoms. The van der Waals surface area contributed by atoms with E-state index in [2.05, 4.69) is 153 Å². The number of unbranched alkanes of at least 4 members (excludes halogenated alkanes) is 19. The Hall–Kier alpha value is -4.13. The van der Waals surface area contributed by atoms with Crippen LogP contribution in [0.2, 0.25) is 0 Å². The molecule has 89 heavy (non-hydrogen) atoms. The first kappa shape index (κ1) is 81.0. The van der Waals surface area contributed by atoms with Gasteiger partial charge < -0.3 is 65.1 Å². The van der Waals surface area contributed by atoms with Gasteiger partial charge in [-0.1, -0.05) is 250 Å². The van der Waals surface area contributed by atoms with Crippen LogP contribution in [0.1, 0.15) is 226 Å². The first-order valence-electron chi connectivity index (χ1n) is 34.6. The number of rotatable bonds is 54. The van der Waals surface area contributed by atoms with Crippen LogP contribution in [0, 0.1) is 0 Å². The number of aliphatic hydroxyl groups excluding tert-OH is 8. The van der Waals surface area contributed by atoms with Gasteiger partial charge in [-0.3, -0.25) is 4.79 Å². The zero-order valence-electron chi connectivity index (χ0n) is 54.9. The molecule has 1 amide bonds. The molecule has 506 valence electrons. The molecule has 2 rings (SSSR count). The molecule has 0 aromatic rings. The summed E-state index contributed by atoms with van der Waals surface area (Å²) in [6, 6.07) is -0.969. The molecule has 2 aliphatic rings. The third-order valence-electron chi connectivity index (χ3n) is 15.7. The van der Waals surface area contributed by atoms with Gasteiger partial charge >= 0.3 is 0 Å². The highest BCUT2D eigenvalue weighted by Crippen LogP contribution is 2.30. The fraction of sp³-hybridized carbons (Fsp3) is 0.667. The maximum absolute atomic E-state index is 13.3. The third kappa shape index (κ3) is 41.9. The van der Waals surface area contributed by atoms with Gasteiger partial charge in [-0.05, 0) is 116 Å². The van der Waals surface area contributed by atoms with E-state index < -0.39 is 86.8 Å². The summed E-state index contributed by atoms with van der Waals surface area (Å²) in [4.78, 5) is 13.3. The van der Waals surface area contributed by atoms with Crippen LogP contribution < -0.4 is 5.32 Å². The minimum Gasteiger partial charge on any atom is -0.394 e. The van der Waals surface area contributed by atoms with Gasteiger partial charge in [0.15, 0.2) is 12.6 Å². The summed E-state index contributed by atoms with van der Waals surface area (Å²) in [7, 11) is 0. The van der Waals surface area contributed by atoms with Gasteiger partial charge in [0.1, 0.15) is 48.8 Å². The molecular formula is C75H123NO13. The van der Waals surface area contributed by atoms with Crippen molar-refractivity contribution in [3.8, 4) is 0 Å². The first-order valence-corrected chi connectivity index (χ1v) is 34.6. The van der Waals surface area contributed by atoms with Crippen molar-refractivity contribution in [2.75, 3.05) is 19.8 Å². The van der Waals surface area contributed by atoms with Gasteiger partial charge in [0.2, 0.25) is 5.91 Å². The zero-order valence-corrected chi connectivity index (χ0v) is 54.9. The van der Waals surface area contributed by atoms with E-state index in [0.717, 1.165) is 103 Å². The number of hydrogen-bond donors (Lipinski definition) is 9. The number of nitrogens with one attached hydrogen (secondary N) is 1. The molecule has 0 aromatic heterocycles. The van der Waals surface area contributed by atoms with Gasteiger partial charge in [0.05, 0.1) is 32.0 Å². The standard InChI is InChI=1S/C75H123NO13/c1-3-5-7-9-11-13-15-17-19-21-23-25-27-29-30-31-32-33-34-35-37-39-41-43-45-47-49-51-53-55-57-59-67(80)76-63(62-86-74-72(85)70(83)73(66(61-78)88-74)89-75-71(84)69(82)68(81)65(60-77)87-75)64(79)58-56-54-52-50-48-46-44-42-40-38-36-28-26-24-22-20-18-16-14-12-10-8-6-4-2/h5,7,11,13,17,19,23,25,29-30,32-33,35,37,40-43,47-50,56,58,63-66,68-75,77-79,81-85H,3-4,6,8-10,12,14-16,18,20-22,24,26-28,31,34,36,38-39,44-46,51-55,57,59-62H2,1-2H3,(H,76,80)/b7-5-,13-11-,19-17-,25-23-,30-29-,33-32-,37-35-,42-40+,43-41-,49-47-,50-48+,58-56+. The average Bonchev–Trinajstić information content (AvgIpc) is 2.53. The van der Waals surface area contributed by atoms with Crippen LogP contribution in [0.15, 0.2) is 146 Å². The molecule has 0 radical (unpaired) electrons. The maximum atomic E-state index is 13.3. The molecule has 9 N–H and O–H groups in total. The molecule has 2 fully saturated rings. The molecule has 12 unspecified atom stereocenters. The number of ether oxygens (including phenoxy) is 4. The maximum Gasteiger partial charge on any atom is 0.220 e. The largest absolute Gasteiger partial charge is 0.394 e. The van der Waals surface area contributed by atoms with Gasteiger partial charge in [0.25, 0.3) is 0 Å². The number of hydrogen-bond acceptors (Lipinski definition) is 13. The molecule has 0 aromatic carbocycles. The molecule has 12 atom stereocenters. The van der Waals surface area contributed by atoms with Gasteiger partial charge in [-0.25, -0.2) is 0 Å². The van der Waals surface area contributed by atoms with E-state index in [9.17, 15) is 45.6 Å². The molecular weight excluding hydrogens is 1120 g/mol. The lowest BCUT2D eigenvalue weighted by molar-refractivity contribution is -0.359. The van der Waals surface area contributed by atoms with E-state index >= 15 is 0 Å². The van der Waals surface area contributed by atoms with E-state index in [0.29, 0.717) is 12.8 Å². The Morgan fingerprint density at radius 1 is 0.416 bits per heavy atom. The number of carbonyl (C=O) groups is 1. The summed E-state index contributed by atoms with van der Waals surface area (Å²) < 4.78 is 22.8. The van der Waals surface area contributed by atoms with Crippen molar-refractivity contribution in [2.24, 2.45) is 0 Å². The molecule has 0 spiro atoms. The highest BCUT2D eigenvalue weighted by Gasteiger charge is 2.51. The molecule has 2 heterocycles. The second-order valence-corrected chi connectivity index (χ2v) is 23.5. The summed E-state index contributed by atoms with van der Waals surface area (Å²) in [6.07, 6.45) is 70.3. The van der Waals surface area contributed by atoms with Crippen LogP contribution in [-0.2, 0) is 23.7 Å². The monoisotopic (exact) mass is 1250 g/mol. The normalized spacial score (nSPS) is 24.0. The molecule has 0 saturated carbocycles. The average molecular weight is 1250 g/mol. The molecule has 2 aliphatic heterocycles. The van der Waals surface area contributed by atoms with Crippen molar-refractivity contribution in [3.63, 3.8) is 0 Å². The summed E-state index contributed by atoms with van der Waals surface area (Å²) in [6.45, 7) is 2.63. The number of allylic oxidation sites excluding steroid dienone is 23. The van der Waals surface area contributed by atoms with Crippen LogP contribution in [-0.4, -0.2) is 140 Å². The van der Waals surface area contributed by atoms with Crippen molar-refractivity contribution < 1.29 is 64.6 Å². The van der Waals surface area contributed by atoms with Crippen LogP contribution >= 0.6 is 0 Å². The fourth-order valence-electron chi connectivity index (χ4n) is 10.3. The summed E-state index contributed by atoms with van der Waals surface area (Å²) >= 11 is 0. The minimum atomic E-state index is -1.80. The SMILES string of the molecule is CC/C=C\C/C=C\C/C=C\C/C=C\C/C=C\C/C=C\C/C=C\C/C=C\C/C=C\CCCCCC(=O)NC(COC1OC(CO)C(OC2OC(CO)C(O)C(O)C2O)C(O)C1O)C(O)/C=C/CC/C=C/CC/C=C/CCCCCCCCCCCCCCCC. The Morgan fingerprint density at radius 2 is 0.787 bits per heavy atom. The summed E-state index contributed by atoms with van der Waals surface area (Å²) in [5, 5.41) is 87.3. The summed E-state index contributed by atoms with van der Waals surface area (Å²) in [5.74, 6) is -0.291. The Morgan fingerprint density at radius 3 is 1.24 bits per heavy atom. The second-order valence-electron chi connectivity index (χ2n) is 23.5. The Labute approximate surface area is 538 Å². The number of aliphatic hydroxyl groups is 8. The highest BCUT2D eigenvalue weighted by molar-refractivity contribution is 5.76. The quantitative estimate of drug-likeness (QED) is 0.0204. The minimum absolute atomic E-state index is 0.220. The van der Waals surface area contributed by atoms with Crippen LogP contribution in [0.3, 0.4) is 0 Å². The van der Waals surface area contributed by atoms with Crippen molar-refractivity contribution in [1.82, 2.24) is 5.32 Å². The molecule has 2 saturated heterocycles. The van der Waals surface area contributed by atoms with E-state index in [1.54, 1.807) is 6.08 Å². The molecule has 14 nitrogen and oxygen atoms in total. The van der Waals surface area contributed by atoms with E-state index in [1.807, 2.05) is 6.08 Å². The molecule has 14 heteroatoms. The lowest BCUT2D eigenvalue weighted by Crippen LogP contribution is -2.65. The van der Waals surface area contributed by atoms with Gasteiger partial charge in [-0.2, -0.15) is 0 Å². The van der Waals surface area contributed by atoms with E-state index in [-0.39, 0.29) is 18.9 Å². The van der Waals surface area contributed by atoms with Gasteiger partial charge in [0, 0.05) is 6.42 Å². The first-order chi connectivity index (χ1) is 43.6. The van der Waals surface area contributed by atoms with Crippen molar-refractivity contribution in [3.05, 3.63) is 146 Å². The Bertz CT molecular complexity index is 2050. The Kier molecular flexibility index (Phi) is 52.5. The topological polar surface area (TPSA) is 228 Å². The Balaban J connectivity index is 1.75.